The van der Waals surface area contributed by atoms with Gasteiger partial charge in [0, 0.05) is 6.04 Å². The van der Waals surface area contributed by atoms with Gasteiger partial charge < -0.3 is 5.32 Å². The quantitative estimate of drug-likeness (QED) is 0.397. The summed E-state index contributed by atoms with van der Waals surface area (Å²) in [5.74, 6) is 0. The van der Waals surface area contributed by atoms with Crippen molar-refractivity contribution in [3.8, 4) is 0 Å². The Hall–Kier alpha value is -0.790. The summed E-state index contributed by atoms with van der Waals surface area (Å²) >= 11 is 0. The molecule has 0 aliphatic carbocycles. The van der Waals surface area contributed by atoms with Crippen LogP contribution in [-0.4, -0.2) is 12.5 Å². The van der Waals surface area contributed by atoms with Crippen LogP contribution in [-0.2, 0) is 4.79 Å². The van der Waals surface area contributed by atoms with Gasteiger partial charge in [-0.3, -0.25) is 4.79 Å². The minimum absolute atomic E-state index is 0.0394. The normalized spacial score (nSPS) is 12.1. The van der Waals surface area contributed by atoms with Gasteiger partial charge in [0.2, 0.25) is 0 Å². The lowest BCUT2D eigenvalue weighted by atomic mass is 10.3. The molecule has 0 spiro atoms. The smallest absolute Gasteiger partial charge is 0.309 e. The van der Waals surface area contributed by atoms with E-state index in [4.69, 9.17) is 0 Å². The Morgan fingerprint density at radius 2 is 2.57 bits per heavy atom. The molecule has 0 aromatic heterocycles. The SMILES string of the molecule is C=CC(C)N[C]=O. The Kier molecular flexibility index (Phi) is 3.02. The number of nitrogens with one attached hydrogen (secondary N) is 1. The van der Waals surface area contributed by atoms with E-state index in [0.29, 0.717) is 0 Å². The minimum atomic E-state index is 0.0394. The van der Waals surface area contributed by atoms with Crippen molar-refractivity contribution in [3.63, 3.8) is 0 Å². The summed E-state index contributed by atoms with van der Waals surface area (Å²) in [5.41, 5.74) is 0. The van der Waals surface area contributed by atoms with E-state index in [1.54, 1.807) is 12.5 Å². The largest absolute Gasteiger partial charge is 0.342 e. The Morgan fingerprint density at radius 1 is 2.00 bits per heavy atom. The van der Waals surface area contributed by atoms with Crippen LogP contribution in [0.2, 0.25) is 0 Å². The van der Waals surface area contributed by atoms with E-state index in [9.17, 15) is 4.79 Å². The van der Waals surface area contributed by atoms with Gasteiger partial charge in [0.1, 0.15) is 0 Å². The Labute approximate surface area is 43.2 Å². The zero-order chi connectivity index (χ0) is 5.70. The zero-order valence-corrected chi connectivity index (χ0v) is 4.27. The molecule has 2 nitrogen and oxygen atoms in total. The summed E-state index contributed by atoms with van der Waals surface area (Å²) < 4.78 is 0. The van der Waals surface area contributed by atoms with E-state index in [1.165, 1.54) is 0 Å². The second kappa shape index (κ2) is 3.40. The Bertz CT molecular complexity index is 70.5. The third kappa shape index (κ3) is 3.03. The van der Waals surface area contributed by atoms with Crippen molar-refractivity contribution in [2.75, 3.05) is 0 Å². The van der Waals surface area contributed by atoms with Gasteiger partial charge in [0.25, 0.3) is 0 Å². The molecule has 0 heterocycles. The molecule has 39 valence electrons. The van der Waals surface area contributed by atoms with E-state index in [-0.39, 0.29) is 6.04 Å². The molecule has 0 bridgehead atoms. The topological polar surface area (TPSA) is 29.1 Å². The number of carbonyl (C=O) groups excluding carboxylic acids is 1. The van der Waals surface area contributed by atoms with E-state index in [0.717, 1.165) is 0 Å². The predicted octanol–water partition coefficient (Wildman–Crippen LogP) is 0.218. The van der Waals surface area contributed by atoms with Gasteiger partial charge in [-0.15, -0.1) is 6.58 Å². The number of amides is 1. The maximum absolute atomic E-state index is 9.49. The average molecular weight is 98.1 g/mol. The molecule has 2 heteroatoms. The maximum Gasteiger partial charge on any atom is 0.309 e. The summed E-state index contributed by atoms with van der Waals surface area (Å²) in [5, 5.41) is 2.37. The molecule has 1 radical (unpaired) electrons. The van der Waals surface area contributed by atoms with Gasteiger partial charge in [0.05, 0.1) is 0 Å². The van der Waals surface area contributed by atoms with Gasteiger partial charge in [-0.2, -0.15) is 0 Å². The molecule has 0 aromatic rings. The predicted molar refractivity (Wildman–Crippen MR) is 28.5 cm³/mol. The van der Waals surface area contributed by atoms with Crippen molar-refractivity contribution in [2.24, 2.45) is 0 Å². The van der Waals surface area contributed by atoms with Crippen molar-refractivity contribution in [1.82, 2.24) is 5.32 Å². The van der Waals surface area contributed by atoms with E-state index >= 15 is 0 Å². The van der Waals surface area contributed by atoms with E-state index in [1.807, 2.05) is 6.92 Å². The van der Waals surface area contributed by atoms with E-state index in [2.05, 4.69) is 11.9 Å². The first-order chi connectivity index (χ1) is 3.31. The molecule has 7 heavy (non-hydrogen) atoms. The highest BCUT2D eigenvalue weighted by molar-refractivity contribution is 5.48. The van der Waals surface area contributed by atoms with Crippen molar-refractivity contribution in [1.29, 1.82) is 0 Å². The first kappa shape index (κ1) is 6.21. The van der Waals surface area contributed by atoms with E-state index < -0.39 is 0 Å². The maximum atomic E-state index is 9.49. The zero-order valence-electron chi connectivity index (χ0n) is 4.27. The molecule has 0 aromatic carbocycles. The molecule has 0 saturated carbocycles. The molecular formula is C5H8NO. The average Bonchev–Trinajstić information content (AvgIpc) is 1.68. The van der Waals surface area contributed by atoms with Crippen molar-refractivity contribution < 1.29 is 4.79 Å². The van der Waals surface area contributed by atoms with Crippen LogP contribution in [0.3, 0.4) is 0 Å². The molecule has 1 atom stereocenters. The highest BCUT2D eigenvalue weighted by atomic mass is 16.1. The summed E-state index contributed by atoms with van der Waals surface area (Å²) in [6, 6.07) is 0.0394. The highest BCUT2D eigenvalue weighted by Crippen LogP contribution is 1.74. The van der Waals surface area contributed by atoms with Gasteiger partial charge in [-0.25, -0.2) is 0 Å². The standard InChI is InChI=1S/C5H8NO/c1-3-5(2)6-4-7/h3,5H,1H2,2H3,(H,6,7). The fourth-order valence-electron chi connectivity index (χ4n) is 0.152. The van der Waals surface area contributed by atoms with Crippen LogP contribution in [0.4, 0.5) is 0 Å². The van der Waals surface area contributed by atoms with Crippen LogP contribution in [0.25, 0.3) is 0 Å². The lowest BCUT2D eigenvalue weighted by molar-refractivity contribution is 0.537. The van der Waals surface area contributed by atoms with Crippen molar-refractivity contribution in [2.45, 2.75) is 13.0 Å². The molecule has 0 saturated heterocycles. The summed E-state index contributed by atoms with van der Waals surface area (Å²) in [6.07, 6.45) is 3.18. The van der Waals surface area contributed by atoms with Crippen LogP contribution in [0.15, 0.2) is 12.7 Å². The molecule has 0 aliphatic rings. The second-order valence-electron chi connectivity index (χ2n) is 1.27. The van der Waals surface area contributed by atoms with Gasteiger partial charge in [-0.05, 0) is 6.92 Å². The third-order valence-electron chi connectivity index (χ3n) is 0.640. The minimum Gasteiger partial charge on any atom is -0.342 e. The third-order valence-corrected chi connectivity index (χ3v) is 0.640. The fourth-order valence-corrected chi connectivity index (χ4v) is 0.152. The lowest BCUT2D eigenvalue weighted by Crippen LogP contribution is -2.20. The molecule has 1 unspecified atom stereocenters. The second-order valence-corrected chi connectivity index (χ2v) is 1.27. The molecule has 0 rings (SSSR count). The van der Waals surface area contributed by atoms with Gasteiger partial charge in [-0.1, -0.05) is 6.08 Å². The number of hydrogen-bond acceptors (Lipinski definition) is 1. The molecule has 0 aliphatic heterocycles. The summed E-state index contributed by atoms with van der Waals surface area (Å²) in [7, 11) is 0. The van der Waals surface area contributed by atoms with Crippen LogP contribution in [0.1, 0.15) is 6.92 Å². The first-order valence-electron chi connectivity index (χ1n) is 2.06. The van der Waals surface area contributed by atoms with Gasteiger partial charge >= 0.3 is 6.41 Å². The molecule has 1 amide bonds. The van der Waals surface area contributed by atoms with Crippen molar-refractivity contribution >= 4 is 6.41 Å². The number of rotatable bonds is 3. The monoisotopic (exact) mass is 98.1 g/mol. The lowest BCUT2D eigenvalue weighted by Gasteiger charge is -1.97. The summed E-state index contributed by atoms with van der Waals surface area (Å²) in [4.78, 5) is 9.49. The molecular weight excluding hydrogens is 90.1 g/mol. The summed E-state index contributed by atoms with van der Waals surface area (Å²) in [6.45, 7) is 5.26. The van der Waals surface area contributed by atoms with Crippen LogP contribution in [0, 0.1) is 0 Å². The first-order valence-corrected chi connectivity index (χ1v) is 2.06. The van der Waals surface area contributed by atoms with Gasteiger partial charge in [0.15, 0.2) is 0 Å². The Balaban J connectivity index is 3.15. The molecule has 0 fully saturated rings. The van der Waals surface area contributed by atoms with Crippen LogP contribution < -0.4 is 5.32 Å². The van der Waals surface area contributed by atoms with Crippen LogP contribution in [0.5, 0.6) is 0 Å². The van der Waals surface area contributed by atoms with Crippen LogP contribution >= 0.6 is 0 Å². The Morgan fingerprint density at radius 3 is 2.71 bits per heavy atom. The number of hydrogen-bond donors (Lipinski definition) is 1. The van der Waals surface area contributed by atoms with Crippen molar-refractivity contribution in [3.05, 3.63) is 12.7 Å². The highest BCUT2D eigenvalue weighted by Gasteiger charge is 1.86. The molecule has 1 N–H and O–H groups in total. The fraction of sp³-hybridized carbons (Fsp3) is 0.400.